The van der Waals surface area contributed by atoms with Gasteiger partial charge in [-0.25, -0.2) is 15.0 Å². The second-order valence-electron chi connectivity index (χ2n) is 6.63. The molecule has 0 spiro atoms. The first kappa shape index (κ1) is 15.7. The molecule has 25 heavy (non-hydrogen) atoms. The van der Waals surface area contributed by atoms with E-state index in [4.69, 9.17) is 4.98 Å². The van der Waals surface area contributed by atoms with Crippen LogP contribution in [0.5, 0.6) is 0 Å². The molecule has 0 N–H and O–H groups in total. The van der Waals surface area contributed by atoms with Crippen molar-refractivity contribution in [3.63, 3.8) is 0 Å². The van der Waals surface area contributed by atoms with Crippen molar-refractivity contribution in [2.24, 2.45) is 0 Å². The van der Waals surface area contributed by atoms with Gasteiger partial charge in [-0.2, -0.15) is 0 Å². The minimum Gasteiger partial charge on any atom is -0.353 e. The number of anilines is 2. The third kappa shape index (κ3) is 3.24. The summed E-state index contributed by atoms with van der Waals surface area (Å²) in [5.74, 6) is 1.73. The van der Waals surface area contributed by atoms with Crippen LogP contribution in [0.25, 0.3) is 11.0 Å². The molecule has 3 heterocycles. The lowest BCUT2D eigenvalue weighted by molar-refractivity contribution is 0.481. The second kappa shape index (κ2) is 6.63. The van der Waals surface area contributed by atoms with Gasteiger partial charge in [0.25, 0.3) is 0 Å². The molecule has 1 atom stereocenters. The van der Waals surface area contributed by atoms with Gasteiger partial charge in [0.2, 0.25) is 5.95 Å². The van der Waals surface area contributed by atoms with Crippen molar-refractivity contribution < 1.29 is 0 Å². The van der Waals surface area contributed by atoms with E-state index < -0.39 is 0 Å². The molecule has 128 valence electrons. The lowest BCUT2D eigenvalue weighted by Gasteiger charge is -2.38. The number of likely N-dealkylation sites (N-methyl/N-ethyl adjacent to an activating group) is 1. The SMILES string of the molecule is Cc1cnc(N(C)C2CCCN(c3cnc4ccccc4n3)C2)nc1. The van der Waals surface area contributed by atoms with Crippen LogP contribution in [0.4, 0.5) is 11.8 Å². The first-order valence-electron chi connectivity index (χ1n) is 8.69. The second-order valence-corrected chi connectivity index (χ2v) is 6.63. The summed E-state index contributed by atoms with van der Waals surface area (Å²) in [6.07, 6.45) is 7.87. The van der Waals surface area contributed by atoms with Gasteiger partial charge in [-0.05, 0) is 37.5 Å². The molecule has 1 fully saturated rings. The largest absolute Gasteiger partial charge is 0.353 e. The van der Waals surface area contributed by atoms with Crippen molar-refractivity contribution in [1.82, 2.24) is 19.9 Å². The minimum atomic E-state index is 0.365. The molecule has 0 radical (unpaired) electrons. The van der Waals surface area contributed by atoms with Crippen LogP contribution in [0.1, 0.15) is 18.4 Å². The minimum absolute atomic E-state index is 0.365. The summed E-state index contributed by atoms with van der Waals surface area (Å²) in [5.41, 5.74) is 2.95. The molecular formula is C19H22N6. The average molecular weight is 334 g/mol. The summed E-state index contributed by atoms with van der Waals surface area (Å²) in [7, 11) is 2.07. The number of para-hydroxylation sites is 2. The van der Waals surface area contributed by atoms with Crippen molar-refractivity contribution in [3.05, 3.63) is 48.4 Å². The van der Waals surface area contributed by atoms with Gasteiger partial charge in [0.15, 0.2) is 0 Å². The number of nitrogens with zero attached hydrogens (tertiary/aromatic N) is 6. The fourth-order valence-electron chi connectivity index (χ4n) is 3.31. The van der Waals surface area contributed by atoms with E-state index in [-0.39, 0.29) is 0 Å². The Labute approximate surface area is 147 Å². The molecule has 6 heteroatoms. The molecule has 6 nitrogen and oxygen atoms in total. The van der Waals surface area contributed by atoms with Crippen molar-refractivity contribution >= 4 is 22.8 Å². The molecule has 1 unspecified atom stereocenters. The Bertz CT molecular complexity index is 863. The highest BCUT2D eigenvalue weighted by molar-refractivity contribution is 5.75. The normalized spacial score (nSPS) is 17.7. The Hall–Kier alpha value is -2.76. The summed E-state index contributed by atoms with van der Waals surface area (Å²) in [6, 6.07) is 8.37. The summed E-state index contributed by atoms with van der Waals surface area (Å²) < 4.78 is 0. The zero-order chi connectivity index (χ0) is 17.2. The molecule has 3 aromatic rings. The predicted molar refractivity (Wildman–Crippen MR) is 99.9 cm³/mol. The molecule has 1 saturated heterocycles. The molecule has 0 saturated carbocycles. The van der Waals surface area contributed by atoms with E-state index in [0.29, 0.717) is 6.04 Å². The zero-order valence-corrected chi connectivity index (χ0v) is 14.6. The van der Waals surface area contributed by atoms with Crippen LogP contribution < -0.4 is 9.80 Å². The number of rotatable bonds is 3. The Morgan fingerprint density at radius 3 is 2.60 bits per heavy atom. The van der Waals surface area contributed by atoms with Crippen LogP contribution in [-0.4, -0.2) is 46.1 Å². The number of hydrogen-bond acceptors (Lipinski definition) is 6. The lowest BCUT2D eigenvalue weighted by Crippen LogP contribution is -2.47. The number of hydrogen-bond donors (Lipinski definition) is 0. The van der Waals surface area contributed by atoms with Gasteiger partial charge in [0.1, 0.15) is 5.82 Å². The van der Waals surface area contributed by atoms with Crippen LogP contribution in [0, 0.1) is 6.92 Å². The standard InChI is InChI=1S/C19H22N6/c1-14-10-21-19(22-11-14)24(2)15-6-5-9-25(13-15)18-12-20-16-7-3-4-8-17(16)23-18/h3-4,7-8,10-12,15H,5-6,9,13H2,1-2H3. The van der Waals surface area contributed by atoms with E-state index in [9.17, 15) is 0 Å². The van der Waals surface area contributed by atoms with E-state index in [1.54, 1.807) is 0 Å². The number of fused-ring (bicyclic) bond motifs is 1. The Morgan fingerprint density at radius 2 is 1.80 bits per heavy atom. The van der Waals surface area contributed by atoms with Crippen LogP contribution in [-0.2, 0) is 0 Å². The maximum atomic E-state index is 4.79. The van der Waals surface area contributed by atoms with Gasteiger partial charge in [0.05, 0.1) is 17.2 Å². The lowest BCUT2D eigenvalue weighted by atomic mass is 10.0. The van der Waals surface area contributed by atoms with Gasteiger partial charge in [0, 0.05) is 38.6 Å². The quantitative estimate of drug-likeness (QED) is 0.734. The van der Waals surface area contributed by atoms with E-state index >= 15 is 0 Å². The van der Waals surface area contributed by atoms with Crippen LogP contribution in [0.3, 0.4) is 0 Å². The highest BCUT2D eigenvalue weighted by atomic mass is 15.3. The Kier molecular flexibility index (Phi) is 4.17. The number of piperidine rings is 1. The van der Waals surface area contributed by atoms with E-state index in [0.717, 1.165) is 54.3 Å². The summed E-state index contributed by atoms with van der Waals surface area (Å²) >= 11 is 0. The molecule has 0 aliphatic carbocycles. The van der Waals surface area contributed by atoms with Crippen LogP contribution >= 0.6 is 0 Å². The number of aryl methyl sites for hydroxylation is 1. The highest BCUT2D eigenvalue weighted by Crippen LogP contribution is 2.23. The number of aromatic nitrogens is 4. The third-order valence-corrected chi connectivity index (χ3v) is 4.79. The van der Waals surface area contributed by atoms with Crippen LogP contribution in [0.2, 0.25) is 0 Å². The molecule has 1 aliphatic heterocycles. The zero-order valence-electron chi connectivity index (χ0n) is 14.6. The molecule has 0 amide bonds. The maximum absolute atomic E-state index is 4.79. The van der Waals surface area contributed by atoms with Crippen LogP contribution in [0.15, 0.2) is 42.9 Å². The summed E-state index contributed by atoms with van der Waals surface area (Å²) in [4.78, 5) is 22.8. The summed E-state index contributed by atoms with van der Waals surface area (Å²) in [5, 5.41) is 0. The molecule has 4 rings (SSSR count). The van der Waals surface area contributed by atoms with E-state index in [1.165, 1.54) is 0 Å². The highest BCUT2D eigenvalue weighted by Gasteiger charge is 2.25. The molecule has 1 aromatic carbocycles. The van der Waals surface area contributed by atoms with Gasteiger partial charge in [-0.1, -0.05) is 12.1 Å². The van der Waals surface area contributed by atoms with Gasteiger partial charge < -0.3 is 9.80 Å². The Morgan fingerprint density at radius 1 is 1.04 bits per heavy atom. The van der Waals surface area contributed by atoms with Crippen molar-refractivity contribution in [2.75, 3.05) is 29.9 Å². The van der Waals surface area contributed by atoms with Crippen molar-refractivity contribution in [3.8, 4) is 0 Å². The number of benzene rings is 1. The monoisotopic (exact) mass is 334 g/mol. The van der Waals surface area contributed by atoms with Gasteiger partial charge >= 0.3 is 0 Å². The third-order valence-electron chi connectivity index (χ3n) is 4.79. The van der Waals surface area contributed by atoms with Crippen molar-refractivity contribution in [2.45, 2.75) is 25.8 Å². The fraction of sp³-hybridized carbons (Fsp3) is 0.368. The Balaban J connectivity index is 1.54. The maximum Gasteiger partial charge on any atom is 0.225 e. The van der Waals surface area contributed by atoms with Gasteiger partial charge in [-0.15, -0.1) is 0 Å². The average Bonchev–Trinajstić information content (AvgIpc) is 2.68. The van der Waals surface area contributed by atoms with E-state index in [2.05, 4.69) is 31.8 Å². The molecular weight excluding hydrogens is 312 g/mol. The smallest absolute Gasteiger partial charge is 0.225 e. The van der Waals surface area contributed by atoms with Gasteiger partial charge in [-0.3, -0.25) is 4.98 Å². The first-order valence-corrected chi connectivity index (χ1v) is 8.69. The topological polar surface area (TPSA) is 58.0 Å². The van der Waals surface area contributed by atoms with Crippen molar-refractivity contribution in [1.29, 1.82) is 0 Å². The fourth-order valence-corrected chi connectivity index (χ4v) is 3.31. The summed E-state index contributed by atoms with van der Waals surface area (Å²) in [6.45, 7) is 3.91. The first-order chi connectivity index (χ1) is 12.2. The molecule has 1 aliphatic rings. The molecule has 0 bridgehead atoms. The predicted octanol–water partition coefficient (Wildman–Crippen LogP) is 2.83. The van der Waals surface area contributed by atoms with E-state index in [1.807, 2.05) is 49.8 Å². The molecule has 2 aromatic heterocycles.